The van der Waals surface area contributed by atoms with E-state index in [1.807, 2.05) is 0 Å². The van der Waals surface area contributed by atoms with Crippen LogP contribution in [0, 0.1) is 6.08 Å². The summed E-state index contributed by atoms with van der Waals surface area (Å²) < 4.78 is 0. The van der Waals surface area contributed by atoms with E-state index in [1.54, 1.807) is 0 Å². The van der Waals surface area contributed by atoms with Gasteiger partial charge in [-0.15, -0.1) is 0 Å². The normalized spacial score (nSPS) is 12.1. The van der Waals surface area contributed by atoms with Gasteiger partial charge >= 0.3 is 26.2 Å². The summed E-state index contributed by atoms with van der Waals surface area (Å²) >= 11 is 0. The monoisotopic (exact) mass is 330 g/mol. The Kier molecular flexibility index (Phi) is 24.9. The van der Waals surface area contributed by atoms with E-state index < -0.39 is 0 Å². The summed E-state index contributed by atoms with van der Waals surface area (Å²) in [4.78, 5) is 0. The molecule has 0 N–H and O–H groups in total. The summed E-state index contributed by atoms with van der Waals surface area (Å²) in [5.74, 6) is 0. The summed E-state index contributed by atoms with van der Waals surface area (Å²) in [6, 6.07) is 0. The van der Waals surface area contributed by atoms with Crippen molar-refractivity contribution in [2.24, 2.45) is 0 Å². The van der Waals surface area contributed by atoms with Crippen molar-refractivity contribution in [3.63, 3.8) is 0 Å². The number of hydrogen-bond donors (Lipinski definition) is 0. The molecule has 1 aliphatic rings. The van der Waals surface area contributed by atoms with E-state index in [1.165, 1.54) is 30.4 Å². The molecule has 0 unspecified atom stereocenters. The number of hydrogen-bond acceptors (Lipinski definition) is 0. The van der Waals surface area contributed by atoms with Crippen LogP contribution in [0.2, 0.25) is 0 Å². The van der Waals surface area contributed by atoms with Crippen molar-refractivity contribution in [2.75, 3.05) is 0 Å². The summed E-state index contributed by atoms with van der Waals surface area (Å²) in [7, 11) is 0. The van der Waals surface area contributed by atoms with Gasteiger partial charge in [-0.1, -0.05) is 39.5 Å². The molecule has 0 aliphatic heterocycles. The zero-order valence-corrected chi connectivity index (χ0v) is 13.3. The minimum atomic E-state index is 0. The maximum Gasteiger partial charge on any atom is 4.00 e. The summed E-state index contributed by atoms with van der Waals surface area (Å²) in [6.45, 7) is 4.36. The van der Waals surface area contributed by atoms with Crippen LogP contribution in [-0.4, -0.2) is 0 Å². The second-order valence-electron chi connectivity index (χ2n) is 2.92. The predicted molar refractivity (Wildman–Crippen MR) is 44.7 cm³/mol. The second-order valence-corrected chi connectivity index (χ2v) is 2.92. The van der Waals surface area contributed by atoms with Crippen molar-refractivity contribution in [3.8, 4) is 0 Å². The van der Waals surface area contributed by atoms with Gasteiger partial charge in [0, 0.05) is 0 Å². The van der Waals surface area contributed by atoms with Gasteiger partial charge in [0.05, 0.1) is 0 Å². The Labute approximate surface area is 125 Å². The largest absolute Gasteiger partial charge is 4.00 e. The third-order valence-electron chi connectivity index (χ3n) is 1.86. The first-order valence-corrected chi connectivity index (χ1v) is 4.11. The number of rotatable bonds is 3. The number of unbranched alkanes of at least 4 members (excludes halogenated alkanes) is 1. The van der Waals surface area contributed by atoms with Crippen LogP contribution in [0.15, 0.2) is 17.2 Å². The van der Waals surface area contributed by atoms with Crippen molar-refractivity contribution in [2.45, 2.75) is 39.5 Å². The second kappa shape index (κ2) is 14.2. The molecule has 1 rings (SSSR count). The van der Waals surface area contributed by atoms with Gasteiger partial charge < -0.3 is 37.2 Å². The van der Waals surface area contributed by atoms with Gasteiger partial charge in [0.1, 0.15) is 0 Å². The molecule has 0 aromatic carbocycles. The van der Waals surface area contributed by atoms with Gasteiger partial charge in [-0.2, -0.15) is 5.57 Å². The predicted octanol–water partition coefficient (Wildman–Crippen LogP) is -5.73. The van der Waals surface area contributed by atoms with Crippen LogP contribution in [0.25, 0.3) is 0 Å². The Morgan fingerprint density at radius 1 is 1.29 bits per heavy atom. The third-order valence-corrected chi connectivity index (χ3v) is 1.86. The van der Waals surface area contributed by atoms with Crippen LogP contribution in [0.3, 0.4) is 0 Å². The molecule has 0 fully saturated rings. The summed E-state index contributed by atoms with van der Waals surface area (Å²) in [5, 5.41) is 0. The zero-order valence-electron chi connectivity index (χ0n) is 8.54. The Morgan fingerprint density at radius 3 is 2.21 bits per heavy atom. The van der Waals surface area contributed by atoms with Gasteiger partial charge in [0.15, 0.2) is 0 Å². The van der Waals surface area contributed by atoms with E-state index in [0.717, 1.165) is 6.42 Å². The number of allylic oxidation sites excluding steroid dienone is 4. The van der Waals surface area contributed by atoms with Gasteiger partial charge in [0.2, 0.25) is 0 Å². The molecular weight excluding hydrogens is 318 g/mol. The van der Waals surface area contributed by atoms with Crippen LogP contribution in [0.1, 0.15) is 39.5 Å². The smallest absolute Gasteiger partial charge is 1.00 e. The summed E-state index contributed by atoms with van der Waals surface area (Å²) in [5.41, 5.74) is 2.82. The van der Waals surface area contributed by atoms with Crippen LogP contribution in [0.5, 0.6) is 0 Å². The Morgan fingerprint density at radius 2 is 1.86 bits per heavy atom. The average Bonchev–Trinajstić information content (AvgIpc) is 2.31. The van der Waals surface area contributed by atoms with Gasteiger partial charge in [0.25, 0.3) is 0 Å². The fraction of sp³-hybridized carbons (Fsp3) is 0.600. The molecule has 80 valence electrons. The van der Waals surface area contributed by atoms with Crippen LogP contribution >= 0.6 is 0 Å². The molecule has 0 radical (unpaired) electrons. The Hall–Kier alpha value is 1.23. The first-order chi connectivity index (χ1) is 4.83. The zero-order chi connectivity index (χ0) is 7.40. The first kappa shape index (κ1) is 24.5. The van der Waals surface area contributed by atoms with Crippen molar-refractivity contribution >= 4 is 0 Å². The molecule has 0 atom stereocenters. The molecule has 0 bridgehead atoms. The minimum Gasteiger partial charge on any atom is -1.00 e. The Balaban J connectivity index is -0.000000125. The molecule has 0 saturated heterocycles. The molecule has 0 aromatic heterocycles. The number of halogens is 3. The first-order valence-electron chi connectivity index (χ1n) is 4.11. The van der Waals surface area contributed by atoms with E-state index in [4.69, 9.17) is 0 Å². The SMILES string of the molecule is CCCCC1=[C-]C(C)=CC1.[Cl-].[Cl-].[Cl-].[Zr+4]. The van der Waals surface area contributed by atoms with Crippen molar-refractivity contribution in [1.82, 2.24) is 0 Å². The van der Waals surface area contributed by atoms with Crippen LogP contribution < -0.4 is 37.2 Å². The molecule has 0 amide bonds. The van der Waals surface area contributed by atoms with E-state index in [-0.39, 0.29) is 63.4 Å². The van der Waals surface area contributed by atoms with Gasteiger partial charge in [-0.3, -0.25) is 0 Å². The molecule has 0 aromatic rings. The van der Waals surface area contributed by atoms with Crippen LogP contribution in [-0.2, 0) is 26.2 Å². The maximum atomic E-state index is 3.37. The van der Waals surface area contributed by atoms with Gasteiger partial charge in [-0.05, 0) is 0 Å². The average molecular weight is 333 g/mol. The van der Waals surface area contributed by atoms with Crippen molar-refractivity contribution < 1.29 is 63.4 Å². The fourth-order valence-electron chi connectivity index (χ4n) is 1.21. The molecule has 14 heavy (non-hydrogen) atoms. The fourth-order valence-corrected chi connectivity index (χ4v) is 1.21. The van der Waals surface area contributed by atoms with Gasteiger partial charge in [-0.25, -0.2) is 17.7 Å². The Bertz CT molecular complexity index is 176. The minimum absolute atomic E-state index is 0. The molecule has 1 aliphatic carbocycles. The molecular formula is C10H15Cl3Zr. The molecule has 0 spiro atoms. The van der Waals surface area contributed by atoms with E-state index in [2.05, 4.69) is 26.0 Å². The summed E-state index contributed by atoms with van der Waals surface area (Å²) in [6.07, 6.45) is 10.7. The molecule has 0 nitrogen and oxygen atoms in total. The van der Waals surface area contributed by atoms with Crippen molar-refractivity contribution in [3.05, 3.63) is 23.3 Å². The molecule has 0 heterocycles. The van der Waals surface area contributed by atoms with E-state index >= 15 is 0 Å². The van der Waals surface area contributed by atoms with Crippen molar-refractivity contribution in [1.29, 1.82) is 0 Å². The standard InChI is InChI=1S/C10H15.3ClH.Zr/c1-3-4-5-10-7-6-9(2)8-10;;;;/h6H,3-5,7H2,1-2H3;3*1H;/q-1;;;;+4/p-3. The maximum absolute atomic E-state index is 3.37. The quantitative estimate of drug-likeness (QED) is 0.452. The molecule has 0 saturated carbocycles. The third kappa shape index (κ3) is 9.78. The topological polar surface area (TPSA) is 0 Å². The molecule has 4 heteroatoms. The van der Waals surface area contributed by atoms with Crippen LogP contribution in [0.4, 0.5) is 0 Å². The van der Waals surface area contributed by atoms with E-state index in [0.29, 0.717) is 0 Å². The van der Waals surface area contributed by atoms with E-state index in [9.17, 15) is 0 Å².